The van der Waals surface area contributed by atoms with Gasteiger partial charge in [-0.05, 0) is 77.0 Å². The van der Waals surface area contributed by atoms with Crippen LogP contribution in [0, 0.1) is 0 Å². The predicted octanol–water partition coefficient (Wildman–Crippen LogP) is 28.3. The molecule has 0 saturated heterocycles. The van der Waals surface area contributed by atoms with E-state index in [4.69, 9.17) is 18.5 Å². The number of nitrogens with zero attached hydrogens (tertiary/aromatic N) is 1. The molecule has 0 spiro atoms. The molecule has 0 aliphatic rings. The van der Waals surface area contributed by atoms with Crippen LogP contribution in [-0.4, -0.2) is 70.0 Å². The van der Waals surface area contributed by atoms with Gasteiger partial charge in [0.1, 0.15) is 19.8 Å². The summed E-state index contributed by atoms with van der Waals surface area (Å²) >= 11 is 0. The summed E-state index contributed by atoms with van der Waals surface area (Å²) in [4.78, 5) is 38.2. The number of allylic oxidation sites excluding steroid dienone is 16. The second kappa shape index (κ2) is 80.0. The molecule has 0 aromatic heterocycles. The molecule has 0 amide bonds. The van der Waals surface area contributed by atoms with Crippen LogP contribution in [0.5, 0.6) is 0 Å². The maximum Gasteiger partial charge on any atom is 0.306 e. The van der Waals surface area contributed by atoms with Gasteiger partial charge in [-0.2, -0.15) is 0 Å². The SMILES string of the molecule is CC/C=C\C/C=C\C/C=C\C/C=C\C/C=C\C/C=C\C/C=C\C/C=C\CCCCCCCCCCCCCCC(=O)OC(COC(=O)CCCCCCCCCCCCCCCCCCCCCCCCCCCCCCCCCCCCCCCCC)COP(=O)([O-])OCC[N+](C)(C)C. The quantitative estimate of drug-likeness (QED) is 0.0195. The number of unbranched alkanes of at least 4 members (excludes halogenated alkanes) is 50. The fraction of sp³-hybridized carbons (Fsp3) is 0.800. The van der Waals surface area contributed by atoms with Gasteiger partial charge in [-0.15, -0.1) is 0 Å². The largest absolute Gasteiger partial charge is 0.756 e. The Hall–Kier alpha value is -3.07. The van der Waals surface area contributed by atoms with E-state index < -0.39 is 26.5 Å². The molecule has 0 aliphatic carbocycles. The zero-order chi connectivity index (χ0) is 72.5. The van der Waals surface area contributed by atoms with Crippen LogP contribution in [0.25, 0.3) is 0 Å². The van der Waals surface area contributed by atoms with Crippen LogP contribution in [0.15, 0.2) is 97.2 Å². The zero-order valence-electron chi connectivity index (χ0n) is 66.6. The molecule has 2 atom stereocenters. The van der Waals surface area contributed by atoms with Gasteiger partial charge >= 0.3 is 11.9 Å². The van der Waals surface area contributed by atoms with Gasteiger partial charge in [0.25, 0.3) is 7.82 Å². The van der Waals surface area contributed by atoms with Crippen LogP contribution >= 0.6 is 7.82 Å². The van der Waals surface area contributed by atoms with Gasteiger partial charge in [-0.3, -0.25) is 14.2 Å². The van der Waals surface area contributed by atoms with Crippen LogP contribution in [0.3, 0.4) is 0 Å². The lowest BCUT2D eigenvalue weighted by molar-refractivity contribution is -0.870. The standard InChI is InChI=1S/C90H164NO8P/c1-6-8-10-12-14-16-18-20-22-24-26-28-30-32-34-36-38-40-42-44-45-47-48-50-52-54-56-58-60-62-64-66-68-70-72-74-76-78-80-82-89(92)96-86-88(87-98-100(94,95)97-85-84-91(3,4)5)99-90(93)83-81-79-77-75-73-71-69-67-65-63-61-59-57-55-53-51-49-46-43-41-39-37-35-33-31-29-27-25-23-21-19-17-15-13-11-9-7-2/h9,11,15,17,21,23,27,29,33,35,39,41,46,49,53,55,88H,6-8,10,12-14,16,18-20,22,24-26,28,30-32,34,36-38,40,42-45,47-48,50-52,54,56-87H2,1-5H3/b11-9-,17-15-,23-21-,29-27-,35-33-,41-39-,49-46-,55-53-. The number of likely N-dealkylation sites (N-methyl/N-ethyl adjacent to an activating group) is 1. The Kier molecular flexibility index (Phi) is 77.6. The highest BCUT2D eigenvalue weighted by molar-refractivity contribution is 7.45. The highest BCUT2D eigenvalue weighted by atomic mass is 31.2. The lowest BCUT2D eigenvalue weighted by Gasteiger charge is -2.28. The monoisotopic (exact) mass is 1420 g/mol. The molecule has 0 heterocycles. The fourth-order valence-corrected chi connectivity index (χ4v) is 13.4. The average molecular weight is 1420 g/mol. The maximum atomic E-state index is 12.9. The van der Waals surface area contributed by atoms with E-state index >= 15 is 0 Å². The first-order valence-electron chi connectivity index (χ1n) is 42.9. The molecule has 0 radical (unpaired) electrons. The molecule has 0 aromatic rings. The van der Waals surface area contributed by atoms with Crippen molar-refractivity contribution < 1.29 is 42.1 Å². The smallest absolute Gasteiger partial charge is 0.306 e. The minimum absolute atomic E-state index is 0.0324. The van der Waals surface area contributed by atoms with Gasteiger partial charge in [0.15, 0.2) is 6.10 Å². The second-order valence-corrected chi connectivity index (χ2v) is 31.6. The van der Waals surface area contributed by atoms with Crippen molar-refractivity contribution in [2.24, 2.45) is 0 Å². The van der Waals surface area contributed by atoms with Crippen molar-refractivity contribution in [2.45, 2.75) is 418 Å². The summed E-state index contributed by atoms with van der Waals surface area (Å²) in [5.74, 6) is -0.820. The molecule has 2 unspecified atom stereocenters. The molecule has 0 fully saturated rings. The lowest BCUT2D eigenvalue weighted by atomic mass is 10.0. The van der Waals surface area contributed by atoms with E-state index in [9.17, 15) is 19.0 Å². The number of ether oxygens (including phenoxy) is 2. The maximum absolute atomic E-state index is 12.9. The van der Waals surface area contributed by atoms with E-state index in [2.05, 4.69) is 111 Å². The van der Waals surface area contributed by atoms with Gasteiger partial charge in [-0.25, -0.2) is 0 Å². The lowest BCUT2D eigenvalue weighted by Crippen LogP contribution is -2.37. The number of hydrogen-bond donors (Lipinski definition) is 0. The second-order valence-electron chi connectivity index (χ2n) is 30.2. The van der Waals surface area contributed by atoms with Crippen molar-refractivity contribution >= 4 is 19.8 Å². The Morgan fingerprint density at radius 2 is 0.570 bits per heavy atom. The van der Waals surface area contributed by atoms with E-state index in [0.717, 1.165) is 89.9 Å². The summed E-state index contributed by atoms with van der Waals surface area (Å²) in [6.45, 7) is 4.18. The summed E-state index contributed by atoms with van der Waals surface area (Å²) < 4.78 is 34.5. The van der Waals surface area contributed by atoms with E-state index in [1.54, 1.807) is 0 Å². The van der Waals surface area contributed by atoms with E-state index in [-0.39, 0.29) is 32.0 Å². The zero-order valence-corrected chi connectivity index (χ0v) is 67.5. The Morgan fingerprint density at radius 3 is 0.850 bits per heavy atom. The average Bonchev–Trinajstić information content (AvgIpc) is 1.02. The van der Waals surface area contributed by atoms with Crippen molar-refractivity contribution in [2.75, 3.05) is 47.5 Å². The Balaban J connectivity index is 3.92. The highest BCUT2D eigenvalue weighted by Crippen LogP contribution is 2.38. The summed E-state index contributed by atoms with van der Waals surface area (Å²) in [5, 5.41) is 0. The number of hydrogen-bond acceptors (Lipinski definition) is 8. The number of rotatable bonds is 80. The molecule has 582 valence electrons. The number of carbonyl (C=O) groups excluding carboxylic acids is 2. The minimum Gasteiger partial charge on any atom is -0.756 e. The minimum atomic E-state index is -4.65. The van der Waals surface area contributed by atoms with Crippen LogP contribution in [0.2, 0.25) is 0 Å². The Bertz CT molecular complexity index is 2010. The molecule has 0 aliphatic heterocycles. The predicted molar refractivity (Wildman–Crippen MR) is 434 cm³/mol. The normalized spacial score (nSPS) is 13.5. The van der Waals surface area contributed by atoms with Crippen molar-refractivity contribution in [3.63, 3.8) is 0 Å². The van der Waals surface area contributed by atoms with Crippen LogP contribution in [0.1, 0.15) is 412 Å². The fourth-order valence-electron chi connectivity index (χ4n) is 12.6. The van der Waals surface area contributed by atoms with Crippen molar-refractivity contribution in [1.82, 2.24) is 0 Å². The third-order valence-electron chi connectivity index (χ3n) is 19.1. The van der Waals surface area contributed by atoms with E-state index in [1.165, 1.54) is 289 Å². The molecule has 10 heteroatoms. The van der Waals surface area contributed by atoms with Crippen molar-refractivity contribution in [3.8, 4) is 0 Å². The third kappa shape index (κ3) is 83.9. The topological polar surface area (TPSA) is 111 Å². The first kappa shape index (κ1) is 96.9. The van der Waals surface area contributed by atoms with Crippen molar-refractivity contribution in [1.29, 1.82) is 0 Å². The first-order chi connectivity index (χ1) is 49.0. The van der Waals surface area contributed by atoms with Gasteiger partial charge in [0, 0.05) is 12.8 Å². The Morgan fingerprint density at radius 1 is 0.320 bits per heavy atom. The molecule has 0 N–H and O–H groups in total. The third-order valence-corrected chi connectivity index (χ3v) is 20.1. The molecule has 9 nitrogen and oxygen atoms in total. The number of quaternary nitrogens is 1. The number of carbonyl (C=O) groups is 2. The molecule has 0 saturated carbocycles. The Labute approximate surface area is 621 Å². The molecule has 0 aromatic carbocycles. The van der Waals surface area contributed by atoms with Crippen LogP contribution < -0.4 is 4.89 Å². The summed E-state index contributed by atoms with van der Waals surface area (Å²) in [6, 6.07) is 0. The van der Waals surface area contributed by atoms with E-state index in [0.29, 0.717) is 17.4 Å². The number of phosphoric ester groups is 1. The van der Waals surface area contributed by atoms with Crippen LogP contribution in [0.4, 0.5) is 0 Å². The first-order valence-corrected chi connectivity index (χ1v) is 44.4. The molecule has 100 heavy (non-hydrogen) atoms. The molecular formula is C90H164NO8P. The summed E-state index contributed by atoms with van der Waals surface area (Å²) in [7, 11) is 1.17. The van der Waals surface area contributed by atoms with Gasteiger partial charge in [0.2, 0.25) is 0 Å². The van der Waals surface area contributed by atoms with Crippen molar-refractivity contribution in [3.05, 3.63) is 97.2 Å². The van der Waals surface area contributed by atoms with Gasteiger partial charge in [0.05, 0.1) is 27.7 Å². The van der Waals surface area contributed by atoms with Crippen LogP contribution in [-0.2, 0) is 32.7 Å². The highest BCUT2D eigenvalue weighted by Gasteiger charge is 2.22. The van der Waals surface area contributed by atoms with Gasteiger partial charge < -0.3 is 27.9 Å². The van der Waals surface area contributed by atoms with Gasteiger partial charge in [-0.1, -0.05) is 419 Å². The molecule has 0 rings (SSSR count). The van der Waals surface area contributed by atoms with E-state index in [1.807, 2.05) is 21.1 Å². The summed E-state index contributed by atoms with van der Waals surface area (Å²) in [5.41, 5.74) is 0. The molecular weight excluding hydrogens is 1250 g/mol. The molecule has 0 bridgehead atoms. The number of phosphoric acid groups is 1. The summed E-state index contributed by atoms with van der Waals surface area (Å²) in [6.07, 6.45) is 113. The number of esters is 2.